The fraction of sp³-hybridized carbons (Fsp3) is 0.545. The lowest BCUT2D eigenvalue weighted by Gasteiger charge is -2.09. The first-order valence-corrected chi connectivity index (χ1v) is 5.45. The molecular formula is C11H16F3N3O. The van der Waals surface area contributed by atoms with Crippen LogP contribution in [0.3, 0.4) is 0 Å². The monoisotopic (exact) mass is 263 g/mol. The summed E-state index contributed by atoms with van der Waals surface area (Å²) in [6, 6.07) is 0. The van der Waals surface area contributed by atoms with Gasteiger partial charge in [-0.3, -0.25) is 0 Å². The molecule has 102 valence electrons. The molecule has 1 aromatic heterocycles. The van der Waals surface area contributed by atoms with Gasteiger partial charge in [0.1, 0.15) is 6.61 Å². The SMILES string of the molecule is C=CCn1cc(C)nc1NCCOCC(F)(F)F. The van der Waals surface area contributed by atoms with Crippen LogP contribution in [0.4, 0.5) is 19.1 Å². The zero-order valence-corrected chi connectivity index (χ0v) is 10.1. The van der Waals surface area contributed by atoms with Gasteiger partial charge < -0.3 is 14.6 Å². The number of hydrogen-bond donors (Lipinski definition) is 1. The summed E-state index contributed by atoms with van der Waals surface area (Å²) < 4.78 is 41.7. The van der Waals surface area contributed by atoms with E-state index in [-0.39, 0.29) is 13.2 Å². The van der Waals surface area contributed by atoms with E-state index in [2.05, 4.69) is 21.6 Å². The molecule has 1 rings (SSSR count). The van der Waals surface area contributed by atoms with Crippen LogP contribution in [-0.4, -0.2) is 35.5 Å². The molecule has 0 atom stereocenters. The number of halogens is 3. The minimum atomic E-state index is -4.28. The highest BCUT2D eigenvalue weighted by Crippen LogP contribution is 2.14. The van der Waals surface area contributed by atoms with Gasteiger partial charge in [-0.1, -0.05) is 6.08 Å². The Hall–Kier alpha value is -1.50. The molecule has 0 aliphatic heterocycles. The van der Waals surface area contributed by atoms with Crippen molar-refractivity contribution in [3.63, 3.8) is 0 Å². The zero-order chi connectivity index (χ0) is 13.6. The third kappa shape index (κ3) is 5.22. The lowest BCUT2D eigenvalue weighted by atomic mass is 10.5. The van der Waals surface area contributed by atoms with E-state index in [0.717, 1.165) is 5.69 Å². The highest BCUT2D eigenvalue weighted by Gasteiger charge is 2.27. The molecule has 0 unspecified atom stereocenters. The normalized spacial score (nSPS) is 11.6. The number of nitrogens with zero attached hydrogens (tertiary/aromatic N) is 2. The van der Waals surface area contributed by atoms with E-state index in [4.69, 9.17) is 0 Å². The Kier molecular flexibility index (Phi) is 5.21. The first-order chi connectivity index (χ1) is 8.42. The molecule has 0 aliphatic carbocycles. The molecule has 0 aromatic carbocycles. The number of anilines is 1. The average Bonchev–Trinajstić information content (AvgIpc) is 2.57. The summed E-state index contributed by atoms with van der Waals surface area (Å²) in [7, 11) is 0. The third-order valence-electron chi connectivity index (χ3n) is 2.02. The van der Waals surface area contributed by atoms with Crippen molar-refractivity contribution in [3.05, 3.63) is 24.5 Å². The van der Waals surface area contributed by atoms with E-state index in [1.807, 2.05) is 17.7 Å². The fourth-order valence-corrected chi connectivity index (χ4v) is 1.39. The van der Waals surface area contributed by atoms with E-state index in [9.17, 15) is 13.2 Å². The van der Waals surface area contributed by atoms with Crippen LogP contribution in [0.2, 0.25) is 0 Å². The van der Waals surface area contributed by atoms with Crippen molar-refractivity contribution >= 4 is 5.95 Å². The highest BCUT2D eigenvalue weighted by atomic mass is 19.4. The van der Waals surface area contributed by atoms with Crippen LogP contribution >= 0.6 is 0 Å². The molecule has 0 saturated heterocycles. The van der Waals surface area contributed by atoms with E-state index in [0.29, 0.717) is 12.5 Å². The van der Waals surface area contributed by atoms with E-state index < -0.39 is 12.8 Å². The van der Waals surface area contributed by atoms with E-state index >= 15 is 0 Å². The lowest BCUT2D eigenvalue weighted by molar-refractivity contribution is -0.172. The van der Waals surface area contributed by atoms with Gasteiger partial charge in [-0.05, 0) is 6.92 Å². The van der Waals surface area contributed by atoms with Gasteiger partial charge in [-0.2, -0.15) is 13.2 Å². The maximum Gasteiger partial charge on any atom is 0.411 e. The Morgan fingerprint density at radius 1 is 1.56 bits per heavy atom. The molecule has 0 bridgehead atoms. The van der Waals surface area contributed by atoms with Crippen LogP contribution in [-0.2, 0) is 11.3 Å². The minimum Gasteiger partial charge on any atom is -0.370 e. The predicted octanol–water partition coefficient (Wildman–Crippen LogP) is 2.37. The summed E-state index contributed by atoms with van der Waals surface area (Å²) in [6.07, 6.45) is -0.731. The summed E-state index contributed by atoms with van der Waals surface area (Å²) in [6.45, 7) is 5.06. The van der Waals surface area contributed by atoms with Gasteiger partial charge in [0.15, 0.2) is 0 Å². The molecule has 0 fully saturated rings. The smallest absolute Gasteiger partial charge is 0.370 e. The molecule has 18 heavy (non-hydrogen) atoms. The van der Waals surface area contributed by atoms with Crippen molar-refractivity contribution in [2.75, 3.05) is 25.1 Å². The van der Waals surface area contributed by atoms with Crippen LogP contribution in [0.15, 0.2) is 18.9 Å². The molecule has 1 aromatic rings. The maximum atomic E-state index is 11.8. The van der Waals surface area contributed by atoms with Gasteiger partial charge in [-0.25, -0.2) is 4.98 Å². The quantitative estimate of drug-likeness (QED) is 0.606. The molecule has 0 aliphatic rings. The summed E-state index contributed by atoms with van der Waals surface area (Å²) in [5.74, 6) is 0.600. The van der Waals surface area contributed by atoms with Crippen molar-refractivity contribution < 1.29 is 17.9 Å². The largest absolute Gasteiger partial charge is 0.411 e. The zero-order valence-electron chi connectivity index (χ0n) is 10.1. The first kappa shape index (κ1) is 14.6. The van der Waals surface area contributed by atoms with Gasteiger partial charge in [-0.15, -0.1) is 6.58 Å². The Balaban J connectivity index is 2.32. The molecule has 7 heteroatoms. The Labute approximate surface area is 103 Å². The van der Waals surface area contributed by atoms with Gasteiger partial charge >= 0.3 is 6.18 Å². The molecule has 0 saturated carbocycles. The number of allylic oxidation sites excluding steroid dienone is 1. The van der Waals surface area contributed by atoms with Crippen molar-refractivity contribution in [2.24, 2.45) is 0 Å². The standard InChI is InChI=1S/C11H16F3N3O/c1-3-5-17-7-9(2)16-10(17)15-4-6-18-8-11(12,13)14/h3,7H,1,4-6,8H2,2H3,(H,15,16). The number of aryl methyl sites for hydroxylation is 1. The molecule has 0 radical (unpaired) electrons. The molecular weight excluding hydrogens is 247 g/mol. The van der Waals surface area contributed by atoms with Crippen molar-refractivity contribution in [2.45, 2.75) is 19.6 Å². The van der Waals surface area contributed by atoms with E-state index in [1.54, 1.807) is 6.08 Å². The Morgan fingerprint density at radius 3 is 2.89 bits per heavy atom. The summed E-state index contributed by atoms with van der Waals surface area (Å²) in [5, 5.41) is 2.92. The first-order valence-electron chi connectivity index (χ1n) is 5.45. The predicted molar refractivity (Wildman–Crippen MR) is 62.5 cm³/mol. The Morgan fingerprint density at radius 2 is 2.28 bits per heavy atom. The van der Waals surface area contributed by atoms with Gasteiger partial charge in [0.05, 0.1) is 12.3 Å². The third-order valence-corrected chi connectivity index (χ3v) is 2.02. The second-order valence-electron chi connectivity index (χ2n) is 3.74. The fourth-order valence-electron chi connectivity index (χ4n) is 1.39. The van der Waals surface area contributed by atoms with Crippen LogP contribution in [0.5, 0.6) is 0 Å². The minimum absolute atomic E-state index is 0.0283. The van der Waals surface area contributed by atoms with Crippen molar-refractivity contribution in [3.8, 4) is 0 Å². The second-order valence-corrected chi connectivity index (χ2v) is 3.74. The van der Waals surface area contributed by atoms with Crippen LogP contribution in [0.1, 0.15) is 5.69 Å². The second kappa shape index (κ2) is 6.44. The summed E-state index contributed by atoms with van der Waals surface area (Å²) in [5.41, 5.74) is 0.829. The van der Waals surface area contributed by atoms with Crippen molar-refractivity contribution in [1.29, 1.82) is 0 Å². The number of aromatic nitrogens is 2. The lowest BCUT2D eigenvalue weighted by Crippen LogP contribution is -2.20. The van der Waals surface area contributed by atoms with Crippen LogP contribution < -0.4 is 5.32 Å². The molecule has 0 spiro atoms. The Bertz CT molecular complexity index is 387. The number of nitrogens with one attached hydrogen (secondary N) is 1. The van der Waals surface area contributed by atoms with Gasteiger partial charge in [0, 0.05) is 19.3 Å². The van der Waals surface area contributed by atoms with Gasteiger partial charge in [0.25, 0.3) is 0 Å². The molecule has 1 heterocycles. The molecule has 1 N–H and O–H groups in total. The number of imidazole rings is 1. The van der Waals surface area contributed by atoms with Gasteiger partial charge in [0.2, 0.25) is 5.95 Å². The maximum absolute atomic E-state index is 11.8. The molecule has 4 nitrogen and oxygen atoms in total. The summed E-state index contributed by atoms with van der Waals surface area (Å²) >= 11 is 0. The average molecular weight is 263 g/mol. The van der Waals surface area contributed by atoms with Crippen LogP contribution in [0.25, 0.3) is 0 Å². The number of hydrogen-bond acceptors (Lipinski definition) is 3. The number of rotatable bonds is 7. The number of alkyl halides is 3. The topological polar surface area (TPSA) is 39.1 Å². The number of ether oxygens (including phenoxy) is 1. The molecule has 0 amide bonds. The van der Waals surface area contributed by atoms with Crippen molar-refractivity contribution in [1.82, 2.24) is 9.55 Å². The summed E-state index contributed by atoms with van der Waals surface area (Å²) in [4.78, 5) is 4.20. The van der Waals surface area contributed by atoms with E-state index in [1.165, 1.54) is 0 Å². The highest BCUT2D eigenvalue weighted by molar-refractivity contribution is 5.28. The van der Waals surface area contributed by atoms with Crippen LogP contribution in [0, 0.1) is 6.92 Å².